The molecule has 0 aliphatic heterocycles. The van der Waals surface area contributed by atoms with Gasteiger partial charge in [0, 0.05) is 23.7 Å². The fourth-order valence-electron chi connectivity index (χ4n) is 3.37. The van der Waals surface area contributed by atoms with Gasteiger partial charge in [-0.05, 0) is 50.5 Å². The van der Waals surface area contributed by atoms with Crippen LogP contribution < -0.4 is 0 Å². The highest BCUT2D eigenvalue weighted by Crippen LogP contribution is 2.43. The molecule has 0 saturated heterocycles. The third-order valence-electron chi connectivity index (χ3n) is 5.60. The van der Waals surface area contributed by atoms with Crippen LogP contribution in [-0.2, 0) is 5.67 Å². The third kappa shape index (κ3) is 4.01. The third-order valence-corrected chi connectivity index (χ3v) is 7.58. The number of amides is 1. The predicted octanol–water partition coefficient (Wildman–Crippen LogP) is 6.89. The van der Waals surface area contributed by atoms with Crippen molar-refractivity contribution in [3.8, 4) is 22.2 Å². The summed E-state index contributed by atoms with van der Waals surface area (Å²) in [6, 6.07) is 6.96. The number of carbonyl (C=O) groups is 1. The van der Waals surface area contributed by atoms with Crippen LogP contribution >= 0.6 is 46.1 Å². The van der Waals surface area contributed by atoms with Crippen molar-refractivity contribution in [1.29, 1.82) is 5.26 Å². The van der Waals surface area contributed by atoms with Gasteiger partial charge in [-0.2, -0.15) is 10.4 Å². The smallest absolute Gasteiger partial charge is 0.257 e. The molecule has 0 N–H and O–H groups in total. The second kappa shape index (κ2) is 8.03. The van der Waals surface area contributed by atoms with Crippen LogP contribution in [0.25, 0.3) is 16.1 Å². The normalized spacial score (nSPS) is 14.8. The molecular weight excluding hydrogens is 494 g/mol. The second-order valence-electron chi connectivity index (χ2n) is 8.24. The number of hydrogen-bond acceptors (Lipinski definition) is 4. The van der Waals surface area contributed by atoms with E-state index in [0.717, 1.165) is 4.88 Å². The van der Waals surface area contributed by atoms with Gasteiger partial charge in [0.1, 0.15) is 21.2 Å². The van der Waals surface area contributed by atoms with Crippen LogP contribution in [0.15, 0.2) is 30.6 Å². The Balaban J connectivity index is 1.65. The van der Waals surface area contributed by atoms with E-state index >= 15 is 0 Å². The van der Waals surface area contributed by atoms with E-state index in [9.17, 15) is 14.4 Å². The summed E-state index contributed by atoms with van der Waals surface area (Å²) in [6.45, 7) is 2.86. The van der Waals surface area contributed by atoms with E-state index in [4.69, 9.17) is 34.8 Å². The molecule has 1 aliphatic carbocycles. The number of carbonyl (C=O) groups excluding carboxylic acids is 1. The van der Waals surface area contributed by atoms with Crippen molar-refractivity contribution in [2.75, 3.05) is 7.05 Å². The zero-order valence-electron chi connectivity index (χ0n) is 17.4. The molecule has 3 aromatic rings. The first-order chi connectivity index (χ1) is 15.0. The lowest BCUT2D eigenvalue weighted by atomic mass is 10.00. The van der Waals surface area contributed by atoms with Gasteiger partial charge in [0.15, 0.2) is 0 Å². The molecule has 1 fully saturated rings. The van der Waals surface area contributed by atoms with Crippen LogP contribution in [0.2, 0.25) is 14.4 Å². The van der Waals surface area contributed by atoms with Gasteiger partial charge < -0.3 is 4.90 Å². The maximum Gasteiger partial charge on any atom is 0.257 e. The van der Waals surface area contributed by atoms with E-state index in [1.807, 2.05) is 0 Å². The second-order valence-corrected chi connectivity index (χ2v) is 10.7. The lowest BCUT2D eigenvalue weighted by molar-refractivity contribution is 0.0749. The summed E-state index contributed by atoms with van der Waals surface area (Å²) < 4.78 is 16.1. The number of hydrogen-bond donors (Lipinski definition) is 0. The molecule has 1 saturated carbocycles. The molecule has 5 nitrogen and oxygen atoms in total. The van der Waals surface area contributed by atoms with Crippen LogP contribution in [0, 0.1) is 11.3 Å². The number of halogens is 4. The molecule has 4 rings (SSSR count). The van der Waals surface area contributed by atoms with Crippen molar-refractivity contribution in [2.24, 2.45) is 0 Å². The highest BCUT2D eigenvalue weighted by molar-refractivity contribution is 7.19. The van der Waals surface area contributed by atoms with Gasteiger partial charge >= 0.3 is 0 Å². The number of aromatic nitrogens is 2. The minimum atomic E-state index is -1.59. The van der Waals surface area contributed by atoms with Crippen molar-refractivity contribution in [3.63, 3.8) is 0 Å². The number of rotatable bonds is 5. The molecule has 0 atom stereocenters. The Hall–Kier alpha value is -2.11. The summed E-state index contributed by atoms with van der Waals surface area (Å²) in [5.74, 6) is -0.292. The van der Waals surface area contributed by atoms with Gasteiger partial charge in [0.25, 0.3) is 5.91 Å². The lowest BCUT2D eigenvalue weighted by Crippen LogP contribution is -2.37. The molecule has 32 heavy (non-hydrogen) atoms. The van der Waals surface area contributed by atoms with E-state index in [-0.39, 0.29) is 16.0 Å². The van der Waals surface area contributed by atoms with Crippen LogP contribution in [0.3, 0.4) is 0 Å². The first kappa shape index (κ1) is 23.1. The van der Waals surface area contributed by atoms with Crippen LogP contribution in [0.1, 0.15) is 42.6 Å². The van der Waals surface area contributed by atoms with Gasteiger partial charge in [-0.3, -0.25) is 4.79 Å². The van der Waals surface area contributed by atoms with E-state index in [1.54, 1.807) is 25.5 Å². The summed E-state index contributed by atoms with van der Waals surface area (Å²) in [5.41, 5.74) is -0.477. The molecule has 0 bridgehead atoms. The summed E-state index contributed by atoms with van der Waals surface area (Å²) in [5, 5.41) is 14.2. The molecule has 0 unspecified atom stereocenters. The molecule has 2 heterocycles. The largest absolute Gasteiger partial charge is 0.323 e. The summed E-state index contributed by atoms with van der Waals surface area (Å²) in [6.07, 6.45) is 4.64. The number of alkyl halides is 1. The topological polar surface area (TPSA) is 61.9 Å². The quantitative estimate of drug-likeness (QED) is 0.374. The first-order valence-corrected chi connectivity index (χ1v) is 11.6. The molecule has 2 aromatic heterocycles. The Kier molecular flexibility index (Phi) is 5.79. The fourth-order valence-corrected chi connectivity index (χ4v) is 5.27. The van der Waals surface area contributed by atoms with Crippen molar-refractivity contribution in [3.05, 3.63) is 56.1 Å². The van der Waals surface area contributed by atoms with Crippen molar-refractivity contribution in [2.45, 2.75) is 37.9 Å². The monoisotopic (exact) mass is 510 g/mol. The zero-order valence-corrected chi connectivity index (χ0v) is 20.5. The molecule has 1 amide bonds. The maximum absolute atomic E-state index is 14.3. The van der Waals surface area contributed by atoms with Crippen LogP contribution in [0.4, 0.5) is 4.39 Å². The highest BCUT2D eigenvalue weighted by Gasteiger charge is 2.49. The van der Waals surface area contributed by atoms with Crippen molar-refractivity contribution in [1.82, 2.24) is 14.7 Å². The number of nitrogens with zero attached hydrogens (tertiary/aromatic N) is 4. The molecular formula is C22H18Cl3FN4OS. The van der Waals surface area contributed by atoms with Gasteiger partial charge in [0.2, 0.25) is 0 Å². The van der Waals surface area contributed by atoms with Gasteiger partial charge in [-0.1, -0.05) is 34.8 Å². The van der Waals surface area contributed by atoms with Gasteiger partial charge in [-0.15, -0.1) is 11.3 Å². The molecule has 10 heteroatoms. The van der Waals surface area contributed by atoms with E-state index in [0.29, 0.717) is 39.6 Å². The lowest BCUT2D eigenvalue weighted by Gasteiger charge is -2.21. The highest BCUT2D eigenvalue weighted by atomic mass is 35.5. The molecule has 1 aromatic carbocycles. The first-order valence-electron chi connectivity index (χ1n) is 9.69. The van der Waals surface area contributed by atoms with Crippen LogP contribution in [-0.4, -0.2) is 33.2 Å². The van der Waals surface area contributed by atoms with Crippen molar-refractivity contribution >= 4 is 52.0 Å². The molecule has 166 valence electrons. The summed E-state index contributed by atoms with van der Waals surface area (Å²) >= 11 is 20.4. The number of nitriles is 1. The average Bonchev–Trinajstić information content (AvgIpc) is 3.21. The zero-order chi connectivity index (χ0) is 23.4. The van der Waals surface area contributed by atoms with Crippen LogP contribution in [0.5, 0.6) is 0 Å². The van der Waals surface area contributed by atoms with E-state index in [2.05, 4.69) is 11.2 Å². The Bertz CT molecular complexity index is 1240. The average molecular weight is 512 g/mol. The minimum Gasteiger partial charge on any atom is -0.323 e. The standard InChI is InChI=1S/C22H18Cl3FN4OS/c1-21(2,26)13-6-15(23)18(16(24)7-13)30-10-12(9-28-30)17-8-14(19(25)32-17)20(31)29(3)22(11-27)4-5-22/h6-10H,4-5H2,1-3H3. The summed E-state index contributed by atoms with van der Waals surface area (Å²) in [7, 11) is 1.62. The molecule has 1 aliphatic rings. The van der Waals surface area contributed by atoms with Crippen molar-refractivity contribution < 1.29 is 9.18 Å². The Labute approximate surface area is 203 Å². The number of thiophene rings is 1. The summed E-state index contributed by atoms with van der Waals surface area (Å²) in [4.78, 5) is 15.1. The Morgan fingerprint density at radius 1 is 1.28 bits per heavy atom. The van der Waals surface area contributed by atoms with E-state index in [1.165, 1.54) is 46.9 Å². The maximum atomic E-state index is 14.3. The Morgan fingerprint density at radius 2 is 1.91 bits per heavy atom. The molecule has 0 radical (unpaired) electrons. The van der Waals surface area contributed by atoms with Gasteiger partial charge in [0.05, 0.1) is 27.9 Å². The Morgan fingerprint density at radius 3 is 2.44 bits per heavy atom. The SMILES string of the molecule is CN(C(=O)c1cc(-c2cnn(-c3c(Cl)cc(C(C)(C)F)cc3Cl)c2)sc1Cl)C1(C#N)CC1. The number of benzene rings is 1. The van der Waals surface area contributed by atoms with Gasteiger partial charge in [-0.25, -0.2) is 9.07 Å². The minimum absolute atomic E-state index is 0.265. The molecule has 0 spiro atoms. The fraction of sp³-hybridized carbons (Fsp3) is 0.318. The van der Waals surface area contributed by atoms with E-state index < -0.39 is 11.2 Å². The predicted molar refractivity (Wildman–Crippen MR) is 126 cm³/mol.